The van der Waals surface area contributed by atoms with E-state index in [0.717, 1.165) is 44.9 Å². The summed E-state index contributed by atoms with van der Waals surface area (Å²) in [5, 5.41) is 4.73. The zero-order chi connectivity index (χ0) is 32.0. The molecule has 6 aromatic carbocycles. The van der Waals surface area contributed by atoms with Gasteiger partial charge in [0.2, 0.25) is 0 Å². The first-order valence-electron chi connectivity index (χ1n) is 16.5. The van der Waals surface area contributed by atoms with Crippen molar-refractivity contribution in [1.29, 1.82) is 0 Å². The molecule has 0 unspecified atom stereocenters. The van der Waals surface area contributed by atoms with Gasteiger partial charge in [0.05, 0.1) is 39.7 Å². The van der Waals surface area contributed by atoms with Crippen molar-refractivity contribution < 1.29 is 4.42 Å². The van der Waals surface area contributed by atoms with E-state index in [9.17, 15) is 0 Å². The normalized spacial score (nSPS) is 13.4. The maximum absolute atomic E-state index is 6.60. The minimum atomic E-state index is -0.266. The highest BCUT2D eigenvalue weighted by molar-refractivity contribution is 6.25. The van der Waals surface area contributed by atoms with E-state index < -0.39 is 0 Å². The Hall–Kier alpha value is -6.13. The predicted molar refractivity (Wildman–Crippen MR) is 198 cm³/mol. The molecule has 0 saturated heterocycles. The number of pyridine rings is 1. The fourth-order valence-electron chi connectivity index (χ4n) is 7.89. The van der Waals surface area contributed by atoms with Crippen LogP contribution in [0.3, 0.4) is 0 Å². The van der Waals surface area contributed by atoms with Crippen molar-refractivity contribution >= 4 is 60.8 Å². The highest BCUT2D eigenvalue weighted by Gasteiger charge is 2.37. The largest absolute Gasteiger partial charge is 0.455 e. The summed E-state index contributed by atoms with van der Waals surface area (Å²) in [4.78, 5) is 7.29. The van der Waals surface area contributed by atoms with Gasteiger partial charge in [0.15, 0.2) is 0 Å². The van der Waals surface area contributed by atoms with Gasteiger partial charge in [-0.3, -0.25) is 4.98 Å². The third-order valence-corrected chi connectivity index (χ3v) is 10.2. The lowest BCUT2D eigenvalue weighted by Crippen LogP contribution is -2.26. The van der Waals surface area contributed by atoms with E-state index in [1.807, 2.05) is 24.4 Å². The van der Waals surface area contributed by atoms with Crippen molar-refractivity contribution in [2.24, 2.45) is 0 Å². The maximum atomic E-state index is 6.60. The standard InChI is InChI=1S/C44H31N3O/c1-44(2)35-25-28(37-23-22-31(27-45-37)46(29-13-5-3-6-14-29)30-15-7-4-8-16-30)21-24-39(35)47-38-19-11-9-18-33(38)41-42(47)36(44)26-34-32-17-10-12-20-40(32)48-43(34)41/h3-27H,1-2H3. The second-order valence-corrected chi connectivity index (χ2v) is 13.2. The minimum Gasteiger partial charge on any atom is -0.455 e. The lowest BCUT2D eigenvalue weighted by atomic mass is 9.73. The van der Waals surface area contributed by atoms with Gasteiger partial charge >= 0.3 is 0 Å². The molecule has 0 saturated carbocycles. The Labute approximate surface area is 278 Å². The molecular weight excluding hydrogens is 587 g/mol. The number of hydrogen-bond acceptors (Lipinski definition) is 3. The van der Waals surface area contributed by atoms with Crippen LogP contribution < -0.4 is 4.90 Å². The van der Waals surface area contributed by atoms with Gasteiger partial charge in [0, 0.05) is 38.5 Å². The number of fused-ring (bicyclic) bond motifs is 9. The molecule has 1 aliphatic heterocycles. The van der Waals surface area contributed by atoms with E-state index in [-0.39, 0.29) is 5.41 Å². The maximum Gasteiger partial charge on any atom is 0.145 e. The summed E-state index contributed by atoms with van der Waals surface area (Å²) >= 11 is 0. The average Bonchev–Trinajstić information content (AvgIpc) is 3.68. The van der Waals surface area contributed by atoms with Crippen molar-refractivity contribution in [2.45, 2.75) is 19.3 Å². The zero-order valence-electron chi connectivity index (χ0n) is 26.7. The molecule has 1 aliphatic rings. The van der Waals surface area contributed by atoms with Gasteiger partial charge in [-0.15, -0.1) is 0 Å². The second-order valence-electron chi connectivity index (χ2n) is 13.2. The van der Waals surface area contributed by atoms with Crippen LogP contribution in [-0.4, -0.2) is 9.55 Å². The number of hydrogen-bond donors (Lipinski definition) is 0. The van der Waals surface area contributed by atoms with Gasteiger partial charge in [-0.1, -0.05) is 92.7 Å². The molecule has 4 heteroatoms. The third kappa shape index (κ3) is 3.74. The first-order chi connectivity index (χ1) is 23.6. The number of aromatic nitrogens is 2. The summed E-state index contributed by atoms with van der Waals surface area (Å²) in [6.07, 6.45) is 1.99. The van der Waals surface area contributed by atoms with E-state index in [1.165, 1.54) is 44.0 Å². The first-order valence-corrected chi connectivity index (χ1v) is 16.5. The molecule has 0 N–H and O–H groups in total. The van der Waals surface area contributed by atoms with Gasteiger partial charge in [0.1, 0.15) is 11.2 Å². The molecule has 0 amide bonds. The third-order valence-electron chi connectivity index (χ3n) is 10.2. The summed E-state index contributed by atoms with van der Waals surface area (Å²) in [6.45, 7) is 4.71. The molecule has 4 heterocycles. The number of furan rings is 1. The molecule has 0 bridgehead atoms. The Morgan fingerprint density at radius 1 is 0.604 bits per heavy atom. The van der Waals surface area contributed by atoms with Crippen LogP contribution in [0.25, 0.3) is 60.7 Å². The van der Waals surface area contributed by atoms with Gasteiger partial charge in [-0.25, -0.2) is 0 Å². The smallest absolute Gasteiger partial charge is 0.145 e. The van der Waals surface area contributed by atoms with Crippen LogP contribution >= 0.6 is 0 Å². The summed E-state index contributed by atoms with van der Waals surface area (Å²) in [6, 6.07) is 51.6. The Morgan fingerprint density at radius 3 is 2.02 bits per heavy atom. The van der Waals surface area contributed by atoms with E-state index in [4.69, 9.17) is 9.40 Å². The lowest BCUT2D eigenvalue weighted by molar-refractivity contribution is 0.630. The fourth-order valence-corrected chi connectivity index (χ4v) is 7.89. The quantitative estimate of drug-likeness (QED) is 0.197. The molecular formula is C44H31N3O. The molecule has 10 rings (SSSR count). The number of nitrogens with zero attached hydrogens (tertiary/aromatic N) is 3. The number of rotatable bonds is 4. The van der Waals surface area contributed by atoms with Crippen LogP contribution in [0.1, 0.15) is 25.0 Å². The number of para-hydroxylation sites is 4. The van der Waals surface area contributed by atoms with Crippen LogP contribution in [-0.2, 0) is 5.41 Å². The molecule has 0 atom stereocenters. The molecule has 228 valence electrons. The van der Waals surface area contributed by atoms with Crippen molar-refractivity contribution in [3.05, 3.63) is 163 Å². The van der Waals surface area contributed by atoms with Crippen LogP contribution in [0.5, 0.6) is 0 Å². The van der Waals surface area contributed by atoms with E-state index in [1.54, 1.807) is 0 Å². The molecule has 48 heavy (non-hydrogen) atoms. The molecule has 9 aromatic rings. The Morgan fingerprint density at radius 2 is 1.29 bits per heavy atom. The highest BCUT2D eigenvalue weighted by Crippen LogP contribution is 2.51. The van der Waals surface area contributed by atoms with E-state index in [0.29, 0.717) is 0 Å². The van der Waals surface area contributed by atoms with Crippen molar-refractivity contribution in [3.63, 3.8) is 0 Å². The summed E-state index contributed by atoms with van der Waals surface area (Å²) in [7, 11) is 0. The molecule has 3 aromatic heterocycles. The van der Waals surface area contributed by atoms with Gasteiger partial charge in [-0.2, -0.15) is 0 Å². The van der Waals surface area contributed by atoms with Crippen LogP contribution in [0.15, 0.2) is 156 Å². The Balaban J connectivity index is 1.15. The lowest BCUT2D eigenvalue weighted by Gasteiger charge is -2.35. The summed E-state index contributed by atoms with van der Waals surface area (Å²) in [5.74, 6) is 0. The monoisotopic (exact) mass is 617 g/mol. The summed E-state index contributed by atoms with van der Waals surface area (Å²) in [5.41, 5.74) is 13.1. The van der Waals surface area contributed by atoms with Gasteiger partial charge in [0.25, 0.3) is 0 Å². The number of benzene rings is 6. The molecule has 0 aliphatic carbocycles. The van der Waals surface area contributed by atoms with Crippen LogP contribution in [0.2, 0.25) is 0 Å². The molecule has 4 nitrogen and oxygen atoms in total. The average molecular weight is 618 g/mol. The predicted octanol–water partition coefficient (Wildman–Crippen LogP) is 11.9. The van der Waals surface area contributed by atoms with Crippen molar-refractivity contribution in [2.75, 3.05) is 4.90 Å². The fraction of sp³-hybridized carbons (Fsp3) is 0.0682. The second kappa shape index (κ2) is 9.93. The van der Waals surface area contributed by atoms with Gasteiger partial charge < -0.3 is 13.9 Å². The zero-order valence-corrected chi connectivity index (χ0v) is 26.7. The summed E-state index contributed by atoms with van der Waals surface area (Å²) < 4.78 is 9.05. The number of anilines is 3. The topological polar surface area (TPSA) is 34.2 Å². The molecule has 0 fully saturated rings. The van der Waals surface area contributed by atoms with E-state index in [2.05, 4.69) is 151 Å². The van der Waals surface area contributed by atoms with Crippen molar-refractivity contribution in [3.8, 4) is 16.9 Å². The SMILES string of the molecule is CC1(C)c2cc(-c3ccc(N(c4ccccc4)c4ccccc4)cn3)ccc2-n2c3ccccc3c3c4oc5ccccc5c4cc1c32. The van der Waals surface area contributed by atoms with Crippen LogP contribution in [0.4, 0.5) is 17.1 Å². The Bertz CT molecular complexity index is 2640. The van der Waals surface area contributed by atoms with E-state index >= 15 is 0 Å². The minimum absolute atomic E-state index is 0.266. The van der Waals surface area contributed by atoms with Crippen molar-refractivity contribution in [1.82, 2.24) is 9.55 Å². The Kier molecular flexibility index (Phi) is 5.59. The highest BCUT2D eigenvalue weighted by atomic mass is 16.3. The van der Waals surface area contributed by atoms with Gasteiger partial charge in [-0.05, 0) is 77.9 Å². The molecule has 0 radical (unpaired) electrons. The van der Waals surface area contributed by atoms with Crippen LogP contribution in [0, 0.1) is 0 Å². The first kappa shape index (κ1) is 27.0. The molecule has 0 spiro atoms.